The second-order valence-corrected chi connectivity index (χ2v) is 12.5. The van der Waals surface area contributed by atoms with Gasteiger partial charge in [0.15, 0.2) is 9.84 Å². The number of benzene rings is 3. The summed E-state index contributed by atoms with van der Waals surface area (Å²) >= 11 is 12.3. The Balaban J connectivity index is 1.73. The van der Waals surface area contributed by atoms with Crippen LogP contribution in [0.2, 0.25) is 10.0 Å². The summed E-state index contributed by atoms with van der Waals surface area (Å²) < 4.78 is 37.5. The molecule has 198 valence electrons. The van der Waals surface area contributed by atoms with Crippen LogP contribution < -0.4 is 10.1 Å². The van der Waals surface area contributed by atoms with Crippen molar-refractivity contribution in [2.75, 3.05) is 13.7 Å². The Morgan fingerprint density at radius 1 is 0.919 bits per heavy atom. The van der Waals surface area contributed by atoms with Crippen molar-refractivity contribution in [3.8, 4) is 16.9 Å². The van der Waals surface area contributed by atoms with Crippen LogP contribution in [0, 0.1) is 0 Å². The van der Waals surface area contributed by atoms with Crippen LogP contribution in [0.4, 0.5) is 4.79 Å². The number of carbonyl (C=O) groups is 1. The number of hydrogen-bond acceptors (Lipinski definition) is 5. The highest BCUT2D eigenvalue weighted by Gasteiger charge is 2.22. The third-order valence-corrected chi connectivity index (χ3v) is 7.49. The SMILES string of the molecule is COc1ccc(-c2cc(Cl)cc(Cl)c2)cc1S(=O)(=O)Cc1cccc(CCCNC(=O)OC(C)(C)C)c1. The molecule has 0 saturated carbocycles. The van der Waals surface area contributed by atoms with Gasteiger partial charge in [0.05, 0.1) is 12.9 Å². The number of hydrogen-bond donors (Lipinski definition) is 1. The first-order chi connectivity index (χ1) is 17.4. The normalized spacial score (nSPS) is 11.7. The van der Waals surface area contributed by atoms with Gasteiger partial charge in [-0.25, -0.2) is 13.2 Å². The van der Waals surface area contributed by atoms with Gasteiger partial charge >= 0.3 is 6.09 Å². The van der Waals surface area contributed by atoms with Gasteiger partial charge in [0.1, 0.15) is 16.2 Å². The number of sulfone groups is 1. The van der Waals surface area contributed by atoms with Crippen LogP contribution >= 0.6 is 23.2 Å². The molecule has 0 aliphatic carbocycles. The van der Waals surface area contributed by atoms with E-state index in [0.717, 1.165) is 5.56 Å². The maximum Gasteiger partial charge on any atom is 0.407 e. The third kappa shape index (κ3) is 8.66. The molecule has 0 heterocycles. The number of aryl methyl sites for hydroxylation is 1. The molecule has 0 atom stereocenters. The summed E-state index contributed by atoms with van der Waals surface area (Å²) in [6.07, 6.45) is 0.912. The van der Waals surface area contributed by atoms with E-state index in [1.807, 2.05) is 39.0 Å². The summed E-state index contributed by atoms with van der Waals surface area (Å²) in [4.78, 5) is 11.9. The molecule has 1 N–H and O–H groups in total. The topological polar surface area (TPSA) is 81.7 Å². The van der Waals surface area contributed by atoms with Crippen LogP contribution in [0.1, 0.15) is 38.3 Å². The number of carbonyl (C=O) groups excluding carboxylic acids is 1. The fourth-order valence-corrected chi connectivity index (χ4v) is 5.85. The van der Waals surface area contributed by atoms with E-state index in [1.54, 1.807) is 42.5 Å². The smallest absolute Gasteiger partial charge is 0.407 e. The first kappa shape index (κ1) is 28.8. The lowest BCUT2D eigenvalue weighted by Gasteiger charge is -2.19. The lowest BCUT2D eigenvalue weighted by Crippen LogP contribution is -2.33. The minimum Gasteiger partial charge on any atom is -0.495 e. The van der Waals surface area contributed by atoms with Gasteiger partial charge in [0, 0.05) is 16.6 Å². The van der Waals surface area contributed by atoms with Gasteiger partial charge in [-0.15, -0.1) is 0 Å². The van der Waals surface area contributed by atoms with E-state index in [2.05, 4.69) is 5.32 Å². The fourth-order valence-electron chi connectivity index (χ4n) is 3.79. The Kier molecular flexibility index (Phi) is 9.51. The Morgan fingerprint density at radius 3 is 2.24 bits per heavy atom. The van der Waals surface area contributed by atoms with E-state index in [9.17, 15) is 13.2 Å². The predicted molar refractivity (Wildman–Crippen MR) is 148 cm³/mol. The second kappa shape index (κ2) is 12.2. The first-order valence-electron chi connectivity index (χ1n) is 11.8. The average molecular weight is 565 g/mol. The van der Waals surface area contributed by atoms with Crippen LogP contribution in [0.15, 0.2) is 65.6 Å². The number of halogens is 2. The first-order valence-corrected chi connectivity index (χ1v) is 14.2. The van der Waals surface area contributed by atoms with Crippen molar-refractivity contribution in [3.63, 3.8) is 0 Å². The van der Waals surface area contributed by atoms with Gasteiger partial charge in [-0.05, 0) is 86.2 Å². The minimum atomic E-state index is -3.74. The van der Waals surface area contributed by atoms with Gasteiger partial charge in [0.2, 0.25) is 0 Å². The number of alkyl carbamates (subject to hydrolysis) is 1. The maximum atomic E-state index is 13.5. The Bertz CT molecular complexity index is 1350. The molecule has 3 aromatic carbocycles. The van der Waals surface area contributed by atoms with E-state index in [0.29, 0.717) is 46.1 Å². The lowest BCUT2D eigenvalue weighted by atomic mass is 10.1. The highest BCUT2D eigenvalue weighted by Crippen LogP contribution is 2.34. The quantitative estimate of drug-likeness (QED) is 0.281. The largest absolute Gasteiger partial charge is 0.495 e. The van der Waals surface area contributed by atoms with Crippen molar-refractivity contribution in [1.82, 2.24) is 5.32 Å². The number of nitrogens with one attached hydrogen (secondary N) is 1. The Morgan fingerprint density at radius 2 is 1.59 bits per heavy atom. The molecule has 3 aromatic rings. The lowest BCUT2D eigenvalue weighted by molar-refractivity contribution is 0.0527. The van der Waals surface area contributed by atoms with Gasteiger partial charge in [-0.2, -0.15) is 0 Å². The van der Waals surface area contributed by atoms with E-state index in [1.165, 1.54) is 7.11 Å². The standard InChI is InChI=1S/C28H31Cl2NO5S/c1-28(2,3)36-27(32)31-12-6-9-19-7-5-8-20(13-19)18-37(33,34)26-16-21(10-11-25(26)35-4)22-14-23(29)17-24(30)15-22/h5,7-8,10-11,13-17H,6,9,12,18H2,1-4H3,(H,31,32). The van der Waals surface area contributed by atoms with Crippen molar-refractivity contribution < 1.29 is 22.7 Å². The van der Waals surface area contributed by atoms with E-state index < -0.39 is 21.5 Å². The fraction of sp³-hybridized carbons (Fsp3) is 0.321. The summed E-state index contributed by atoms with van der Waals surface area (Å²) in [6, 6.07) is 17.5. The van der Waals surface area contributed by atoms with Gasteiger partial charge in [-0.3, -0.25) is 0 Å². The molecule has 6 nitrogen and oxygen atoms in total. The molecule has 0 aliphatic heterocycles. The number of methoxy groups -OCH3 is 1. The number of rotatable bonds is 9. The summed E-state index contributed by atoms with van der Waals surface area (Å²) in [5.41, 5.74) is 2.46. The van der Waals surface area contributed by atoms with Crippen molar-refractivity contribution in [2.45, 2.75) is 49.9 Å². The van der Waals surface area contributed by atoms with E-state index in [-0.39, 0.29) is 16.4 Å². The molecule has 0 unspecified atom stereocenters. The van der Waals surface area contributed by atoms with E-state index in [4.69, 9.17) is 32.7 Å². The van der Waals surface area contributed by atoms with E-state index >= 15 is 0 Å². The van der Waals surface area contributed by atoms with Crippen molar-refractivity contribution in [3.05, 3.63) is 81.8 Å². The monoisotopic (exact) mass is 563 g/mol. The van der Waals surface area contributed by atoms with Gasteiger partial charge < -0.3 is 14.8 Å². The molecule has 0 saturated heterocycles. The van der Waals surface area contributed by atoms with Crippen molar-refractivity contribution in [2.24, 2.45) is 0 Å². The van der Waals surface area contributed by atoms with Crippen LogP contribution in [-0.2, 0) is 26.7 Å². The van der Waals surface area contributed by atoms with Crippen molar-refractivity contribution in [1.29, 1.82) is 0 Å². The molecule has 0 aliphatic rings. The van der Waals surface area contributed by atoms with Gasteiger partial charge in [-0.1, -0.05) is 53.5 Å². The third-order valence-electron chi connectivity index (χ3n) is 5.35. The summed E-state index contributed by atoms with van der Waals surface area (Å²) in [6.45, 7) is 5.88. The van der Waals surface area contributed by atoms with Crippen LogP contribution in [-0.4, -0.2) is 33.8 Å². The van der Waals surface area contributed by atoms with Gasteiger partial charge in [0.25, 0.3) is 0 Å². The molecule has 1 amide bonds. The molecular weight excluding hydrogens is 533 g/mol. The molecular formula is C28H31Cl2NO5S. The molecule has 0 fully saturated rings. The number of amides is 1. The summed E-state index contributed by atoms with van der Waals surface area (Å²) in [5.74, 6) is 0.0777. The predicted octanol–water partition coefficient (Wildman–Crippen LogP) is 7.10. The molecule has 0 radical (unpaired) electrons. The molecule has 0 bridgehead atoms. The molecule has 0 spiro atoms. The molecule has 9 heteroatoms. The van der Waals surface area contributed by atoms with Crippen LogP contribution in [0.3, 0.4) is 0 Å². The zero-order valence-corrected chi connectivity index (χ0v) is 23.6. The Hall–Kier alpha value is -2.74. The number of ether oxygens (including phenoxy) is 2. The molecule has 0 aromatic heterocycles. The Labute approximate surface area is 228 Å². The van der Waals surface area contributed by atoms with Crippen LogP contribution in [0.5, 0.6) is 5.75 Å². The van der Waals surface area contributed by atoms with Crippen molar-refractivity contribution >= 4 is 39.1 Å². The summed E-state index contributed by atoms with van der Waals surface area (Å²) in [5, 5.41) is 3.65. The average Bonchev–Trinajstić information content (AvgIpc) is 2.79. The zero-order chi connectivity index (χ0) is 27.2. The zero-order valence-electron chi connectivity index (χ0n) is 21.3. The highest BCUT2D eigenvalue weighted by atomic mass is 35.5. The highest BCUT2D eigenvalue weighted by molar-refractivity contribution is 7.90. The van der Waals surface area contributed by atoms with Crippen LogP contribution in [0.25, 0.3) is 11.1 Å². The maximum absolute atomic E-state index is 13.5. The second-order valence-electron chi connectivity index (χ2n) is 9.64. The summed E-state index contributed by atoms with van der Waals surface area (Å²) in [7, 11) is -2.30. The molecule has 3 rings (SSSR count). The molecule has 37 heavy (non-hydrogen) atoms. The minimum absolute atomic E-state index is 0.0931.